The Bertz CT molecular complexity index is 1160. The van der Waals surface area contributed by atoms with Crippen molar-refractivity contribution in [1.82, 2.24) is 20.1 Å². The Morgan fingerprint density at radius 1 is 1.16 bits per heavy atom. The number of nitrogens with one attached hydrogen (secondary N) is 1. The van der Waals surface area contributed by atoms with Crippen LogP contribution in [0.25, 0.3) is 11.4 Å². The molecule has 9 heteroatoms. The highest BCUT2D eigenvalue weighted by atomic mass is 32.2. The van der Waals surface area contributed by atoms with Crippen molar-refractivity contribution in [3.8, 4) is 23.2 Å². The molecule has 32 heavy (non-hydrogen) atoms. The zero-order valence-corrected chi connectivity index (χ0v) is 18.3. The quantitative estimate of drug-likeness (QED) is 0.435. The zero-order chi connectivity index (χ0) is 23.1. The summed E-state index contributed by atoms with van der Waals surface area (Å²) in [6.45, 7) is 4.68. The number of thioether (sulfide) groups is 1. The van der Waals surface area contributed by atoms with Gasteiger partial charge >= 0.3 is 6.18 Å². The molecule has 0 atom stereocenters. The molecule has 0 aliphatic heterocycles. The molecule has 2 aromatic carbocycles. The number of alkyl halides is 3. The highest BCUT2D eigenvalue weighted by Gasteiger charge is 2.30. The van der Waals surface area contributed by atoms with E-state index in [1.54, 1.807) is 0 Å². The molecule has 3 rings (SSSR count). The second kappa shape index (κ2) is 10.4. The minimum atomic E-state index is -4.42. The summed E-state index contributed by atoms with van der Waals surface area (Å²) in [6, 6.07) is 12.7. The molecule has 0 unspecified atom stereocenters. The molecule has 1 amide bonds. The summed E-state index contributed by atoms with van der Waals surface area (Å²) in [5.41, 5.74) is 1.56. The van der Waals surface area contributed by atoms with Crippen molar-refractivity contribution in [2.75, 3.05) is 12.3 Å². The Kier molecular flexibility index (Phi) is 7.59. The molecule has 0 radical (unpaired) electrons. The number of carbonyl (C=O) groups is 1. The minimum Gasteiger partial charge on any atom is -0.344 e. The van der Waals surface area contributed by atoms with Crippen LogP contribution in [0, 0.1) is 18.8 Å². The molecule has 0 fully saturated rings. The van der Waals surface area contributed by atoms with Crippen LogP contribution in [0.5, 0.6) is 0 Å². The van der Waals surface area contributed by atoms with Gasteiger partial charge in [-0.1, -0.05) is 53.4 Å². The topological polar surface area (TPSA) is 59.8 Å². The van der Waals surface area contributed by atoms with E-state index in [9.17, 15) is 18.0 Å². The van der Waals surface area contributed by atoms with Gasteiger partial charge in [0.2, 0.25) is 5.91 Å². The maximum absolute atomic E-state index is 12.7. The molecule has 0 aliphatic rings. The standard InChI is InChI=1S/C23H21F3N4OS/c1-3-30-21(18-10-4-7-16(2)13-18)28-29-22(30)32-15-20(31)27-12-6-9-17-8-5-11-19(14-17)23(24,25)26/h4-5,7-8,10-11,13-14H,3,12,15H2,1-2H3,(H,27,31). The van der Waals surface area contributed by atoms with E-state index in [-0.39, 0.29) is 23.8 Å². The second-order valence-electron chi connectivity index (χ2n) is 6.87. The molecule has 0 bridgehead atoms. The van der Waals surface area contributed by atoms with Crippen LogP contribution in [0.15, 0.2) is 53.7 Å². The molecule has 1 N–H and O–H groups in total. The van der Waals surface area contributed by atoms with Gasteiger partial charge in [-0.3, -0.25) is 4.79 Å². The predicted octanol–water partition coefficient (Wildman–Crippen LogP) is 4.55. The summed E-state index contributed by atoms with van der Waals surface area (Å²) in [6.07, 6.45) is -4.42. The third-order valence-electron chi connectivity index (χ3n) is 4.44. The maximum Gasteiger partial charge on any atom is 0.416 e. The number of aromatic nitrogens is 3. The van der Waals surface area contributed by atoms with Crippen LogP contribution in [0.3, 0.4) is 0 Å². The fourth-order valence-corrected chi connectivity index (χ4v) is 3.75. The van der Waals surface area contributed by atoms with Gasteiger partial charge in [-0.2, -0.15) is 13.2 Å². The van der Waals surface area contributed by atoms with Crippen LogP contribution in [0.1, 0.15) is 23.6 Å². The average molecular weight is 459 g/mol. The molecule has 3 aromatic rings. The highest BCUT2D eigenvalue weighted by molar-refractivity contribution is 7.99. The molecule has 1 heterocycles. The fraction of sp³-hybridized carbons (Fsp3) is 0.261. The lowest BCUT2D eigenvalue weighted by atomic mass is 10.1. The lowest BCUT2D eigenvalue weighted by Crippen LogP contribution is -2.25. The lowest BCUT2D eigenvalue weighted by Gasteiger charge is -2.07. The van der Waals surface area contributed by atoms with Gasteiger partial charge < -0.3 is 9.88 Å². The number of amides is 1. The number of carbonyl (C=O) groups excluding carboxylic acids is 1. The SMILES string of the molecule is CCn1c(SCC(=O)NCC#Cc2cccc(C(F)(F)F)c2)nnc1-c1cccc(C)c1. The maximum atomic E-state index is 12.7. The van der Waals surface area contributed by atoms with Gasteiger partial charge in [-0.15, -0.1) is 10.2 Å². The van der Waals surface area contributed by atoms with Gasteiger partial charge in [0.1, 0.15) is 0 Å². The van der Waals surface area contributed by atoms with Crippen LogP contribution in [-0.2, 0) is 17.5 Å². The zero-order valence-electron chi connectivity index (χ0n) is 17.5. The van der Waals surface area contributed by atoms with Gasteiger partial charge in [0.15, 0.2) is 11.0 Å². The third-order valence-corrected chi connectivity index (χ3v) is 5.41. The summed E-state index contributed by atoms with van der Waals surface area (Å²) >= 11 is 1.26. The largest absolute Gasteiger partial charge is 0.416 e. The van der Waals surface area contributed by atoms with Gasteiger partial charge in [-0.25, -0.2) is 0 Å². The first-order valence-corrected chi connectivity index (χ1v) is 10.8. The van der Waals surface area contributed by atoms with E-state index in [1.807, 2.05) is 42.7 Å². The number of hydrogen-bond donors (Lipinski definition) is 1. The van der Waals surface area contributed by atoms with E-state index in [1.165, 1.54) is 23.9 Å². The van der Waals surface area contributed by atoms with E-state index < -0.39 is 11.7 Å². The number of nitrogens with zero attached hydrogens (tertiary/aromatic N) is 3. The van der Waals surface area contributed by atoms with E-state index in [0.717, 1.165) is 29.1 Å². The van der Waals surface area contributed by atoms with E-state index in [2.05, 4.69) is 27.4 Å². The van der Waals surface area contributed by atoms with Gasteiger partial charge in [0.25, 0.3) is 0 Å². The van der Waals surface area contributed by atoms with Crippen molar-refractivity contribution in [1.29, 1.82) is 0 Å². The Morgan fingerprint density at radius 2 is 1.94 bits per heavy atom. The van der Waals surface area contributed by atoms with Crippen molar-refractivity contribution < 1.29 is 18.0 Å². The normalized spacial score (nSPS) is 11.0. The van der Waals surface area contributed by atoms with Crippen LogP contribution in [-0.4, -0.2) is 33.0 Å². The smallest absolute Gasteiger partial charge is 0.344 e. The molecule has 5 nitrogen and oxygen atoms in total. The third kappa shape index (κ3) is 6.14. The first kappa shape index (κ1) is 23.4. The van der Waals surface area contributed by atoms with Crippen molar-refractivity contribution in [2.24, 2.45) is 0 Å². The number of rotatable bonds is 6. The molecule has 166 valence electrons. The monoisotopic (exact) mass is 458 g/mol. The van der Waals surface area contributed by atoms with Crippen LogP contribution >= 0.6 is 11.8 Å². The van der Waals surface area contributed by atoms with E-state index >= 15 is 0 Å². The Balaban J connectivity index is 1.55. The Hall–Kier alpha value is -3.25. The number of hydrogen-bond acceptors (Lipinski definition) is 4. The van der Waals surface area contributed by atoms with Crippen molar-refractivity contribution in [3.05, 3.63) is 65.2 Å². The molecular weight excluding hydrogens is 437 g/mol. The summed E-state index contributed by atoms with van der Waals surface area (Å²) in [5.74, 6) is 5.91. The molecule has 0 saturated carbocycles. The van der Waals surface area contributed by atoms with Crippen molar-refractivity contribution in [3.63, 3.8) is 0 Å². The minimum absolute atomic E-state index is 0.0324. The summed E-state index contributed by atoms with van der Waals surface area (Å²) in [7, 11) is 0. The molecular formula is C23H21F3N4OS. The number of benzene rings is 2. The van der Waals surface area contributed by atoms with Crippen molar-refractivity contribution in [2.45, 2.75) is 31.7 Å². The molecule has 1 aromatic heterocycles. The highest BCUT2D eigenvalue weighted by Crippen LogP contribution is 2.29. The second-order valence-corrected chi connectivity index (χ2v) is 7.81. The number of aryl methyl sites for hydroxylation is 1. The summed E-state index contributed by atoms with van der Waals surface area (Å²) in [4.78, 5) is 12.1. The van der Waals surface area contributed by atoms with E-state index in [4.69, 9.17) is 0 Å². The average Bonchev–Trinajstić information content (AvgIpc) is 3.18. The fourth-order valence-electron chi connectivity index (χ4n) is 2.92. The molecule has 0 spiro atoms. The summed E-state index contributed by atoms with van der Waals surface area (Å²) in [5, 5.41) is 11.7. The first-order chi connectivity index (χ1) is 15.3. The first-order valence-electron chi connectivity index (χ1n) is 9.84. The van der Waals surface area contributed by atoms with Gasteiger partial charge in [0.05, 0.1) is 17.9 Å². The van der Waals surface area contributed by atoms with E-state index in [0.29, 0.717) is 11.7 Å². The van der Waals surface area contributed by atoms with Crippen LogP contribution in [0.4, 0.5) is 13.2 Å². The summed E-state index contributed by atoms with van der Waals surface area (Å²) < 4.78 is 40.2. The van der Waals surface area contributed by atoms with Crippen LogP contribution in [0.2, 0.25) is 0 Å². The molecule has 0 saturated heterocycles. The Labute approximate surface area is 188 Å². The lowest BCUT2D eigenvalue weighted by molar-refractivity contribution is -0.137. The van der Waals surface area contributed by atoms with Gasteiger partial charge in [-0.05, 0) is 38.1 Å². The van der Waals surface area contributed by atoms with Crippen LogP contribution < -0.4 is 5.32 Å². The molecule has 0 aliphatic carbocycles. The number of halogens is 3. The Morgan fingerprint density at radius 3 is 2.66 bits per heavy atom. The van der Waals surface area contributed by atoms with Crippen molar-refractivity contribution >= 4 is 17.7 Å². The van der Waals surface area contributed by atoms with Gasteiger partial charge in [0, 0.05) is 17.7 Å². The predicted molar refractivity (Wildman–Crippen MR) is 118 cm³/mol.